The number of hydrogen-bond acceptors (Lipinski definition) is 10. The maximum absolute atomic E-state index is 13.6. The Kier molecular flexibility index (Phi) is 14.9. The van der Waals surface area contributed by atoms with Crippen LogP contribution in [-0.4, -0.2) is 95.7 Å². The van der Waals surface area contributed by atoms with Gasteiger partial charge < -0.3 is 38.8 Å². The van der Waals surface area contributed by atoms with Gasteiger partial charge >= 0.3 is 24.1 Å². The third-order valence-electron chi connectivity index (χ3n) is 9.78. The molecule has 12 heteroatoms. The summed E-state index contributed by atoms with van der Waals surface area (Å²) in [5.74, 6) is -1.38. The van der Waals surface area contributed by atoms with Crippen LogP contribution < -0.4 is 10.1 Å². The number of rotatable bonds is 14. The number of carbonyl (C=O) groups excluding carboxylic acids is 4. The normalized spacial score (nSPS) is 19.3. The predicted molar refractivity (Wildman–Crippen MR) is 228 cm³/mol. The van der Waals surface area contributed by atoms with E-state index in [4.69, 9.17) is 26.4 Å². The smallest absolute Gasteiger partial charge is 0.410 e. The number of carbonyl (C=O) groups is 4. The first-order valence-electron chi connectivity index (χ1n) is 22.1. The lowest BCUT2D eigenvalue weighted by molar-refractivity contribution is -0.163. The lowest BCUT2D eigenvalue weighted by Crippen LogP contribution is -2.38. The number of amides is 2. The maximum Gasteiger partial charge on any atom is 0.410 e. The highest BCUT2D eigenvalue weighted by Crippen LogP contribution is 2.33. The van der Waals surface area contributed by atoms with Gasteiger partial charge in [0.2, 0.25) is 0 Å². The van der Waals surface area contributed by atoms with Gasteiger partial charge in [-0.25, -0.2) is 9.59 Å². The van der Waals surface area contributed by atoms with Gasteiger partial charge in [0.1, 0.15) is 34.8 Å². The third kappa shape index (κ3) is 16.3. The molecule has 12 nitrogen and oxygen atoms in total. The van der Waals surface area contributed by atoms with Crippen LogP contribution in [0.25, 0.3) is 0 Å². The van der Waals surface area contributed by atoms with E-state index in [1.807, 2.05) is 113 Å². The van der Waals surface area contributed by atoms with E-state index in [1.54, 1.807) is 28.0 Å². The number of esters is 2. The lowest BCUT2D eigenvalue weighted by Gasteiger charge is -2.28. The van der Waals surface area contributed by atoms with Gasteiger partial charge in [-0.1, -0.05) is 36.4 Å². The quantitative estimate of drug-likeness (QED) is 0.113. The first-order valence-corrected chi connectivity index (χ1v) is 21.1. The van der Waals surface area contributed by atoms with Gasteiger partial charge in [0.05, 0.1) is 11.8 Å². The molecule has 328 valence electrons. The molecule has 2 aliphatic heterocycles. The molecule has 4 atom stereocenters. The van der Waals surface area contributed by atoms with Crippen molar-refractivity contribution in [1.82, 2.24) is 15.1 Å². The number of benzene rings is 2. The summed E-state index contributed by atoms with van der Waals surface area (Å²) in [7, 11) is 0. The maximum atomic E-state index is 13.6. The van der Waals surface area contributed by atoms with Crippen LogP contribution in [0.4, 0.5) is 9.59 Å². The summed E-state index contributed by atoms with van der Waals surface area (Å²) in [4.78, 5) is 56.2. The minimum absolute atomic E-state index is 0.114. The molecule has 2 aliphatic rings. The molecule has 0 aliphatic carbocycles. The number of likely N-dealkylation sites (tertiary alicyclic amines) is 2. The molecule has 1 N–H and O–H groups in total. The zero-order valence-corrected chi connectivity index (χ0v) is 37.6. The second kappa shape index (κ2) is 19.8. The zero-order chi connectivity index (χ0) is 45.6. The second-order valence-corrected chi connectivity index (χ2v) is 19.9. The molecule has 2 saturated heterocycles. The summed E-state index contributed by atoms with van der Waals surface area (Å²) >= 11 is 0. The van der Waals surface area contributed by atoms with E-state index in [-0.39, 0.29) is 43.0 Å². The largest absolute Gasteiger partial charge is 0.492 e. The zero-order valence-electron chi connectivity index (χ0n) is 39.6. The van der Waals surface area contributed by atoms with Crippen molar-refractivity contribution in [2.75, 3.05) is 39.3 Å². The van der Waals surface area contributed by atoms with Crippen molar-refractivity contribution in [2.45, 2.75) is 138 Å². The Morgan fingerprint density at radius 3 is 1.53 bits per heavy atom. The van der Waals surface area contributed by atoms with E-state index in [2.05, 4.69) is 5.32 Å². The van der Waals surface area contributed by atoms with Gasteiger partial charge in [-0.2, -0.15) is 0 Å². The SMILES string of the molecule is [2H]C([2H])(NCCOc1cccc(C[C@H](C(=O)OC(C)(C)C)[C@H]2CCN(C(=O)OC(C)(C)C)C2)c1)c1cccc(C[C@H](C(=O)OC(C)(C)C)[C@H]2CCN(C(=O)OC(C)(C)C)C2)c1. The molecule has 0 unspecified atom stereocenters. The third-order valence-corrected chi connectivity index (χ3v) is 9.78. The van der Waals surface area contributed by atoms with Crippen molar-refractivity contribution in [2.24, 2.45) is 23.7 Å². The molecule has 0 spiro atoms. The van der Waals surface area contributed by atoms with Crippen LogP contribution in [0.15, 0.2) is 48.5 Å². The highest BCUT2D eigenvalue weighted by atomic mass is 16.6. The molecule has 2 amide bonds. The van der Waals surface area contributed by atoms with Crippen molar-refractivity contribution in [1.29, 1.82) is 0 Å². The van der Waals surface area contributed by atoms with Crippen LogP contribution in [-0.2, 0) is 47.9 Å². The van der Waals surface area contributed by atoms with Crippen LogP contribution in [0.1, 0.15) is 115 Å². The highest BCUT2D eigenvalue weighted by molar-refractivity contribution is 5.75. The Morgan fingerprint density at radius 2 is 1.07 bits per heavy atom. The standard InChI is InChI=1S/C47H71N3O9/c1-44(2,3)56-40(51)38(35-19-22-49(30-35)42(53)58-46(7,8)9)27-32-15-13-17-34(25-32)29-48-21-24-55-37-18-14-16-33(26-37)28-39(41(52)57-45(4,5)6)36-20-23-50(31-36)43(54)59-47(10,11)12/h13-18,25-26,35-36,38-39,48H,19-24,27-31H2,1-12H3/t35-,36-,38-,39-/m0/s1/i29D2. The molecular formula is C47H71N3O9. The molecule has 59 heavy (non-hydrogen) atoms. The lowest BCUT2D eigenvalue weighted by atomic mass is 9.85. The number of nitrogens with one attached hydrogen (secondary N) is 1. The van der Waals surface area contributed by atoms with Gasteiger partial charge in [-0.05, 0) is 149 Å². The average Bonchev–Trinajstić information content (AvgIpc) is 3.80. The Bertz CT molecular complexity index is 1830. The van der Waals surface area contributed by atoms with Gasteiger partial charge in [0, 0.05) is 42.0 Å². The van der Waals surface area contributed by atoms with Crippen molar-refractivity contribution in [3.8, 4) is 5.75 Å². The van der Waals surface area contributed by atoms with Gasteiger partial charge in [-0.3, -0.25) is 9.59 Å². The van der Waals surface area contributed by atoms with Crippen LogP contribution in [0, 0.1) is 23.7 Å². The Morgan fingerprint density at radius 1 is 0.644 bits per heavy atom. The summed E-state index contributed by atoms with van der Waals surface area (Å²) in [6.07, 6.45) is 1.19. The van der Waals surface area contributed by atoms with Crippen molar-refractivity contribution in [3.63, 3.8) is 0 Å². The Balaban J connectivity index is 1.38. The summed E-state index contributed by atoms with van der Waals surface area (Å²) in [5.41, 5.74) is -0.562. The Labute approximate surface area is 355 Å². The summed E-state index contributed by atoms with van der Waals surface area (Å²) < 4.78 is 46.7. The average molecular weight is 824 g/mol. The highest BCUT2D eigenvalue weighted by Gasteiger charge is 2.40. The van der Waals surface area contributed by atoms with Crippen LogP contribution >= 0.6 is 0 Å². The van der Waals surface area contributed by atoms with Crippen LogP contribution in [0.3, 0.4) is 0 Å². The van der Waals surface area contributed by atoms with Crippen molar-refractivity contribution in [3.05, 3.63) is 65.2 Å². The first-order chi connectivity index (χ1) is 28.1. The fourth-order valence-corrected chi connectivity index (χ4v) is 7.29. The molecule has 2 aromatic carbocycles. The summed E-state index contributed by atoms with van der Waals surface area (Å²) in [6, 6.07) is 14.6. The van der Waals surface area contributed by atoms with Crippen molar-refractivity contribution < 1.29 is 45.6 Å². The van der Waals surface area contributed by atoms with E-state index < -0.39 is 46.8 Å². The topological polar surface area (TPSA) is 133 Å². The molecule has 0 saturated carbocycles. The van der Waals surface area contributed by atoms with E-state index in [1.165, 1.54) is 0 Å². The van der Waals surface area contributed by atoms with Crippen LogP contribution in [0.5, 0.6) is 5.75 Å². The van der Waals surface area contributed by atoms with E-state index in [0.717, 1.165) is 11.1 Å². The monoisotopic (exact) mass is 824 g/mol. The van der Waals surface area contributed by atoms with E-state index in [0.29, 0.717) is 63.2 Å². The van der Waals surface area contributed by atoms with Gasteiger partial charge in [-0.15, -0.1) is 0 Å². The summed E-state index contributed by atoms with van der Waals surface area (Å²) in [5, 5.41) is 2.97. The minimum Gasteiger partial charge on any atom is -0.492 e. The molecule has 0 radical (unpaired) electrons. The summed E-state index contributed by atoms with van der Waals surface area (Å²) in [6.45, 7) is 22.1. The molecule has 4 rings (SSSR count). The molecule has 2 fully saturated rings. The fourth-order valence-electron chi connectivity index (χ4n) is 7.29. The minimum atomic E-state index is -1.92. The number of ether oxygens (including phenoxy) is 5. The number of nitrogens with zero attached hydrogens (tertiary/aromatic N) is 2. The molecule has 0 aromatic heterocycles. The Hall–Kier alpha value is -4.32. The second-order valence-electron chi connectivity index (χ2n) is 19.9. The van der Waals surface area contributed by atoms with E-state index in [9.17, 15) is 19.2 Å². The van der Waals surface area contributed by atoms with Gasteiger partial charge in [0.15, 0.2) is 0 Å². The van der Waals surface area contributed by atoms with E-state index >= 15 is 0 Å². The molecule has 2 aromatic rings. The molecule has 0 bridgehead atoms. The number of hydrogen-bond donors (Lipinski definition) is 1. The fraction of sp³-hybridized carbons (Fsp3) is 0.660. The molecule has 2 heterocycles. The molecular weight excluding hydrogens is 751 g/mol. The van der Waals surface area contributed by atoms with Gasteiger partial charge in [0.25, 0.3) is 0 Å². The first kappa shape index (κ1) is 44.2. The predicted octanol–water partition coefficient (Wildman–Crippen LogP) is 8.37. The van der Waals surface area contributed by atoms with Crippen LogP contribution in [0.2, 0.25) is 0 Å². The van der Waals surface area contributed by atoms with Crippen molar-refractivity contribution >= 4 is 24.1 Å².